The zero-order chi connectivity index (χ0) is 14.7. The molecule has 0 aliphatic carbocycles. The van der Waals surface area contributed by atoms with Crippen molar-refractivity contribution in [2.75, 3.05) is 13.1 Å². The molecule has 0 fully saturated rings. The summed E-state index contributed by atoms with van der Waals surface area (Å²) < 4.78 is 3.83. The molecule has 0 spiro atoms. The summed E-state index contributed by atoms with van der Waals surface area (Å²) in [6, 6.07) is 0. The van der Waals surface area contributed by atoms with E-state index in [4.69, 9.17) is 0 Å². The van der Waals surface area contributed by atoms with Crippen LogP contribution in [0.3, 0.4) is 0 Å². The standard InChI is InChI=1S/C14H20N6O/c1-19-12-3-5-15-9-11(12)13(18-19)14(21)17-4-2-7-20-8-6-16-10-20/h6,8,10,15H,2-5,7,9H2,1H3,(H,17,21). The number of hydrogen-bond acceptors (Lipinski definition) is 4. The molecule has 0 saturated heterocycles. The molecule has 1 aliphatic rings. The number of rotatable bonds is 5. The number of carbonyl (C=O) groups excluding carboxylic acids is 1. The summed E-state index contributed by atoms with van der Waals surface area (Å²) in [5, 5.41) is 10.6. The van der Waals surface area contributed by atoms with Crippen molar-refractivity contribution in [3.63, 3.8) is 0 Å². The van der Waals surface area contributed by atoms with E-state index in [9.17, 15) is 4.79 Å². The molecule has 1 amide bonds. The molecule has 7 heteroatoms. The van der Waals surface area contributed by atoms with Gasteiger partial charge < -0.3 is 15.2 Å². The van der Waals surface area contributed by atoms with E-state index in [0.29, 0.717) is 12.2 Å². The van der Waals surface area contributed by atoms with Gasteiger partial charge in [0.2, 0.25) is 0 Å². The Labute approximate surface area is 123 Å². The van der Waals surface area contributed by atoms with Gasteiger partial charge in [-0.15, -0.1) is 0 Å². The third-order valence-corrected chi connectivity index (χ3v) is 3.77. The summed E-state index contributed by atoms with van der Waals surface area (Å²) in [6.07, 6.45) is 7.25. The van der Waals surface area contributed by atoms with E-state index in [0.717, 1.165) is 43.7 Å². The van der Waals surface area contributed by atoms with Crippen LogP contribution in [-0.4, -0.2) is 38.3 Å². The minimum atomic E-state index is -0.0822. The third kappa shape index (κ3) is 2.97. The van der Waals surface area contributed by atoms with Crippen LogP contribution in [0.25, 0.3) is 0 Å². The van der Waals surface area contributed by atoms with Crippen LogP contribution in [0.2, 0.25) is 0 Å². The van der Waals surface area contributed by atoms with Crippen LogP contribution < -0.4 is 10.6 Å². The number of hydrogen-bond donors (Lipinski definition) is 2. The fraction of sp³-hybridized carbons (Fsp3) is 0.500. The molecule has 3 heterocycles. The molecule has 21 heavy (non-hydrogen) atoms. The number of carbonyl (C=O) groups is 1. The maximum atomic E-state index is 12.3. The molecule has 0 bridgehead atoms. The van der Waals surface area contributed by atoms with Gasteiger partial charge in [0.25, 0.3) is 5.91 Å². The Morgan fingerprint density at radius 2 is 2.43 bits per heavy atom. The fourth-order valence-corrected chi connectivity index (χ4v) is 2.67. The van der Waals surface area contributed by atoms with Gasteiger partial charge in [0, 0.05) is 63.3 Å². The second-order valence-electron chi connectivity index (χ2n) is 5.23. The van der Waals surface area contributed by atoms with Crippen molar-refractivity contribution in [2.45, 2.75) is 25.9 Å². The summed E-state index contributed by atoms with van der Waals surface area (Å²) in [5.74, 6) is -0.0822. The molecule has 0 atom stereocenters. The monoisotopic (exact) mass is 288 g/mol. The van der Waals surface area contributed by atoms with Crippen LogP contribution >= 0.6 is 0 Å². The van der Waals surface area contributed by atoms with Crippen molar-refractivity contribution in [3.8, 4) is 0 Å². The topological polar surface area (TPSA) is 76.8 Å². The molecule has 3 rings (SSSR count). The number of fused-ring (bicyclic) bond motifs is 1. The van der Waals surface area contributed by atoms with E-state index in [1.54, 1.807) is 12.5 Å². The number of aromatic nitrogens is 4. The van der Waals surface area contributed by atoms with Crippen LogP contribution in [0.4, 0.5) is 0 Å². The summed E-state index contributed by atoms with van der Waals surface area (Å²) in [6.45, 7) is 3.15. The largest absolute Gasteiger partial charge is 0.351 e. The average Bonchev–Trinajstić information content (AvgIpc) is 3.12. The minimum Gasteiger partial charge on any atom is -0.351 e. The van der Waals surface area contributed by atoms with E-state index in [1.807, 2.05) is 22.5 Å². The second kappa shape index (κ2) is 6.09. The smallest absolute Gasteiger partial charge is 0.272 e. The van der Waals surface area contributed by atoms with Gasteiger partial charge in [0.15, 0.2) is 5.69 Å². The number of nitrogens with one attached hydrogen (secondary N) is 2. The Hall–Kier alpha value is -2.15. The Bertz CT molecular complexity index is 616. The normalized spacial score (nSPS) is 14.0. The number of amides is 1. The summed E-state index contributed by atoms with van der Waals surface area (Å²) in [4.78, 5) is 16.2. The van der Waals surface area contributed by atoms with Gasteiger partial charge in [-0.05, 0) is 6.42 Å². The highest BCUT2D eigenvalue weighted by molar-refractivity contribution is 5.94. The van der Waals surface area contributed by atoms with Crippen LogP contribution in [0.1, 0.15) is 28.2 Å². The lowest BCUT2D eigenvalue weighted by Gasteiger charge is -2.14. The maximum absolute atomic E-state index is 12.3. The Balaban J connectivity index is 1.56. The van der Waals surface area contributed by atoms with Crippen LogP contribution in [0.15, 0.2) is 18.7 Å². The second-order valence-corrected chi connectivity index (χ2v) is 5.23. The van der Waals surface area contributed by atoms with Gasteiger partial charge >= 0.3 is 0 Å². The highest BCUT2D eigenvalue weighted by Crippen LogP contribution is 2.17. The van der Waals surface area contributed by atoms with Crippen LogP contribution in [0.5, 0.6) is 0 Å². The molecule has 0 saturated carbocycles. The first kappa shape index (κ1) is 13.8. The van der Waals surface area contributed by atoms with Gasteiger partial charge in [-0.2, -0.15) is 5.10 Å². The van der Waals surface area contributed by atoms with Gasteiger partial charge in [-0.3, -0.25) is 9.48 Å². The van der Waals surface area contributed by atoms with Gasteiger partial charge in [-0.1, -0.05) is 0 Å². The summed E-state index contributed by atoms with van der Waals surface area (Å²) in [5.41, 5.74) is 2.76. The molecule has 0 unspecified atom stereocenters. The molecule has 1 aliphatic heterocycles. The van der Waals surface area contributed by atoms with Gasteiger partial charge in [-0.25, -0.2) is 4.98 Å². The Morgan fingerprint density at radius 1 is 1.52 bits per heavy atom. The number of aryl methyl sites for hydroxylation is 2. The van der Waals surface area contributed by atoms with Gasteiger partial charge in [0.05, 0.1) is 6.33 Å². The molecule has 0 aromatic carbocycles. The molecule has 112 valence electrons. The lowest BCUT2D eigenvalue weighted by Crippen LogP contribution is -2.29. The van der Waals surface area contributed by atoms with E-state index in [-0.39, 0.29) is 5.91 Å². The fourth-order valence-electron chi connectivity index (χ4n) is 2.67. The highest BCUT2D eigenvalue weighted by atomic mass is 16.1. The quantitative estimate of drug-likeness (QED) is 0.764. The Morgan fingerprint density at radius 3 is 3.24 bits per heavy atom. The summed E-state index contributed by atoms with van der Waals surface area (Å²) >= 11 is 0. The third-order valence-electron chi connectivity index (χ3n) is 3.77. The van der Waals surface area contributed by atoms with Crippen LogP contribution in [-0.2, 0) is 26.6 Å². The van der Waals surface area contributed by atoms with Crippen molar-refractivity contribution in [2.24, 2.45) is 7.05 Å². The molecule has 7 nitrogen and oxygen atoms in total. The van der Waals surface area contributed by atoms with E-state index < -0.39 is 0 Å². The first-order valence-electron chi connectivity index (χ1n) is 7.25. The molecular formula is C14H20N6O. The lowest BCUT2D eigenvalue weighted by atomic mass is 10.1. The van der Waals surface area contributed by atoms with Gasteiger partial charge in [0.1, 0.15) is 0 Å². The maximum Gasteiger partial charge on any atom is 0.272 e. The van der Waals surface area contributed by atoms with Crippen molar-refractivity contribution in [1.82, 2.24) is 30.0 Å². The van der Waals surface area contributed by atoms with Crippen molar-refractivity contribution < 1.29 is 4.79 Å². The molecular weight excluding hydrogens is 268 g/mol. The predicted molar refractivity (Wildman–Crippen MR) is 77.8 cm³/mol. The predicted octanol–water partition coefficient (Wildman–Crippen LogP) is 0.0824. The zero-order valence-electron chi connectivity index (χ0n) is 12.2. The van der Waals surface area contributed by atoms with Crippen molar-refractivity contribution >= 4 is 5.91 Å². The SMILES string of the molecule is Cn1nc(C(=O)NCCCn2ccnc2)c2c1CCNC2. The summed E-state index contributed by atoms with van der Waals surface area (Å²) in [7, 11) is 1.90. The van der Waals surface area contributed by atoms with Crippen molar-refractivity contribution in [1.29, 1.82) is 0 Å². The van der Waals surface area contributed by atoms with Crippen molar-refractivity contribution in [3.05, 3.63) is 35.7 Å². The molecule has 2 aromatic heterocycles. The first-order valence-corrected chi connectivity index (χ1v) is 7.25. The van der Waals surface area contributed by atoms with E-state index in [1.165, 1.54) is 0 Å². The Kier molecular flexibility index (Phi) is 4.01. The number of nitrogens with zero attached hydrogens (tertiary/aromatic N) is 4. The molecule has 2 aromatic rings. The molecule has 2 N–H and O–H groups in total. The number of imidazole rings is 1. The van der Waals surface area contributed by atoms with Crippen LogP contribution in [0, 0.1) is 0 Å². The molecule has 0 radical (unpaired) electrons. The minimum absolute atomic E-state index is 0.0822. The lowest BCUT2D eigenvalue weighted by molar-refractivity contribution is 0.0946. The first-order chi connectivity index (χ1) is 10.3. The average molecular weight is 288 g/mol. The van der Waals surface area contributed by atoms with E-state index >= 15 is 0 Å². The van der Waals surface area contributed by atoms with E-state index in [2.05, 4.69) is 20.7 Å². The zero-order valence-corrected chi connectivity index (χ0v) is 12.2. The highest BCUT2D eigenvalue weighted by Gasteiger charge is 2.23.